The Morgan fingerprint density at radius 1 is 1.16 bits per heavy atom. The van der Waals surface area contributed by atoms with E-state index in [0.717, 1.165) is 11.3 Å². The minimum Gasteiger partial charge on any atom is -0.497 e. The number of ether oxygens (including phenoxy) is 3. The first kappa shape index (κ1) is 15.5. The fourth-order valence-electron chi connectivity index (χ4n) is 1.55. The maximum Gasteiger partial charge on any atom is 0.306 e. The van der Waals surface area contributed by atoms with Crippen LogP contribution in [0.15, 0.2) is 24.3 Å². The van der Waals surface area contributed by atoms with Gasteiger partial charge in [0.2, 0.25) is 0 Å². The quantitative estimate of drug-likeness (QED) is 0.536. The normalized spacial score (nSPS) is 10.5. The number of hydrogen-bond acceptors (Lipinski definition) is 4. The highest BCUT2D eigenvalue weighted by Gasteiger charge is 2.04. The minimum absolute atomic E-state index is 0.165. The summed E-state index contributed by atoms with van der Waals surface area (Å²) in [6, 6.07) is 7.68. The van der Waals surface area contributed by atoms with Gasteiger partial charge < -0.3 is 14.2 Å². The Balaban J connectivity index is 2.18. The third-order valence-electron chi connectivity index (χ3n) is 2.57. The van der Waals surface area contributed by atoms with E-state index in [0.29, 0.717) is 26.1 Å². The largest absolute Gasteiger partial charge is 0.497 e. The van der Waals surface area contributed by atoms with E-state index in [4.69, 9.17) is 14.2 Å². The molecule has 0 fully saturated rings. The van der Waals surface area contributed by atoms with Gasteiger partial charge in [0.05, 0.1) is 19.8 Å². The molecule has 0 aliphatic heterocycles. The number of aryl methyl sites for hydroxylation is 1. The first-order valence-corrected chi connectivity index (χ1v) is 6.52. The molecule has 0 N–H and O–H groups in total. The molecule has 4 nitrogen and oxygen atoms in total. The average molecular weight is 266 g/mol. The van der Waals surface area contributed by atoms with Crippen LogP contribution in [0.25, 0.3) is 0 Å². The predicted molar refractivity (Wildman–Crippen MR) is 73.4 cm³/mol. The molecule has 0 saturated heterocycles. The number of esters is 1. The van der Waals surface area contributed by atoms with Crippen LogP contribution >= 0.6 is 0 Å². The molecule has 0 spiro atoms. The molecule has 0 saturated carbocycles. The van der Waals surface area contributed by atoms with Crippen LogP contribution in [0.4, 0.5) is 0 Å². The second kappa shape index (κ2) is 8.53. The lowest BCUT2D eigenvalue weighted by molar-refractivity contribution is -0.145. The highest BCUT2D eigenvalue weighted by atomic mass is 16.6. The maximum absolute atomic E-state index is 11.5. The first-order valence-electron chi connectivity index (χ1n) is 6.52. The van der Waals surface area contributed by atoms with Gasteiger partial charge in [-0.25, -0.2) is 0 Å². The second-order valence-electron chi connectivity index (χ2n) is 4.49. The van der Waals surface area contributed by atoms with Gasteiger partial charge in [-0.05, 0) is 38.0 Å². The number of rotatable bonds is 8. The van der Waals surface area contributed by atoms with Gasteiger partial charge >= 0.3 is 5.97 Å². The second-order valence-corrected chi connectivity index (χ2v) is 4.49. The number of methoxy groups -OCH3 is 1. The van der Waals surface area contributed by atoms with Crippen molar-refractivity contribution in [2.24, 2.45) is 0 Å². The van der Waals surface area contributed by atoms with Gasteiger partial charge in [-0.1, -0.05) is 12.1 Å². The molecule has 0 amide bonds. The summed E-state index contributed by atoms with van der Waals surface area (Å²) in [5.41, 5.74) is 1.09. The molecule has 1 aromatic carbocycles. The molecule has 0 bridgehead atoms. The molecule has 106 valence electrons. The monoisotopic (exact) mass is 266 g/mol. The van der Waals surface area contributed by atoms with E-state index < -0.39 is 0 Å². The fourth-order valence-corrected chi connectivity index (χ4v) is 1.55. The smallest absolute Gasteiger partial charge is 0.306 e. The van der Waals surface area contributed by atoms with Crippen molar-refractivity contribution in [3.63, 3.8) is 0 Å². The zero-order chi connectivity index (χ0) is 14.1. The molecular weight excluding hydrogens is 244 g/mol. The van der Waals surface area contributed by atoms with Crippen LogP contribution in [0.5, 0.6) is 5.75 Å². The first-order chi connectivity index (χ1) is 9.11. The lowest BCUT2D eigenvalue weighted by Crippen LogP contribution is -2.13. The molecule has 0 heterocycles. The van der Waals surface area contributed by atoms with Crippen molar-refractivity contribution in [1.29, 1.82) is 0 Å². The van der Waals surface area contributed by atoms with Crippen LogP contribution in [0.3, 0.4) is 0 Å². The van der Waals surface area contributed by atoms with Gasteiger partial charge in [0.25, 0.3) is 0 Å². The van der Waals surface area contributed by atoms with Crippen molar-refractivity contribution in [2.75, 3.05) is 20.3 Å². The molecule has 0 aromatic heterocycles. The number of benzene rings is 1. The highest BCUT2D eigenvalue weighted by Crippen LogP contribution is 2.12. The van der Waals surface area contributed by atoms with Gasteiger partial charge in [0.1, 0.15) is 12.4 Å². The molecule has 0 radical (unpaired) electrons. The predicted octanol–water partition coefficient (Wildman–Crippen LogP) is 2.60. The molecule has 0 unspecified atom stereocenters. The zero-order valence-electron chi connectivity index (χ0n) is 11.8. The van der Waals surface area contributed by atoms with E-state index in [-0.39, 0.29) is 12.1 Å². The van der Waals surface area contributed by atoms with Crippen LogP contribution in [-0.2, 0) is 20.7 Å². The lowest BCUT2D eigenvalue weighted by Gasteiger charge is -2.08. The van der Waals surface area contributed by atoms with Crippen molar-refractivity contribution in [3.05, 3.63) is 29.8 Å². The summed E-state index contributed by atoms with van der Waals surface area (Å²) in [5.74, 6) is 0.625. The molecule has 0 aliphatic carbocycles. The Kier molecular flexibility index (Phi) is 6.97. The van der Waals surface area contributed by atoms with E-state index in [1.54, 1.807) is 7.11 Å². The Morgan fingerprint density at radius 2 is 1.84 bits per heavy atom. The summed E-state index contributed by atoms with van der Waals surface area (Å²) in [6.07, 6.45) is 1.22. The minimum atomic E-state index is -0.192. The van der Waals surface area contributed by atoms with Gasteiger partial charge in [0.15, 0.2) is 0 Å². The summed E-state index contributed by atoms with van der Waals surface area (Å²) >= 11 is 0. The van der Waals surface area contributed by atoms with Gasteiger partial charge in [-0.15, -0.1) is 0 Å². The average Bonchev–Trinajstić information content (AvgIpc) is 2.41. The van der Waals surface area contributed by atoms with Crippen molar-refractivity contribution in [2.45, 2.75) is 32.8 Å². The van der Waals surface area contributed by atoms with Crippen LogP contribution in [0.2, 0.25) is 0 Å². The Labute approximate surface area is 114 Å². The number of hydrogen-bond donors (Lipinski definition) is 0. The molecule has 0 aliphatic rings. The van der Waals surface area contributed by atoms with Gasteiger partial charge in [0, 0.05) is 6.42 Å². The van der Waals surface area contributed by atoms with Crippen molar-refractivity contribution in [3.8, 4) is 5.75 Å². The molecule has 0 atom stereocenters. The number of carbonyl (C=O) groups excluding carboxylic acids is 1. The zero-order valence-corrected chi connectivity index (χ0v) is 11.8. The molecule has 1 aromatic rings. The van der Waals surface area contributed by atoms with Gasteiger partial charge in [-0.2, -0.15) is 0 Å². The van der Waals surface area contributed by atoms with Crippen LogP contribution in [-0.4, -0.2) is 32.4 Å². The van der Waals surface area contributed by atoms with Crippen LogP contribution in [0.1, 0.15) is 25.8 Å². The highest BCUT2D eigenvalue weighted by molar-refractivity contribution is 5.69. The number of carbonyl (C=O) groups is 1. The summed E-state index contributed by atoms with van der Waals surface area (Å²) < 4.78 is 15.4. The van der Waals surface area contributed by atoms with Crippen LogP contribution in [0, 0.1) is 0 Å². The fraction of sp³-hybridized carbons (Fsp3) is 0.533. The summed E-state index contributed by atoms with van der Waals surface area (Å²) in [4.78, 5) is 11.5. The van der Waals surface area contributed by atoms with E-state index in [1.807, 2.05) is 38.1 Å². The molecule has 1 rings (SSSR count). The van der Waals surface area contributed by atoms with E-state index in [2.05, 4.69) is 0 Å². The molecule has 4 heteroatoms. The Bertz CT molecular complexity index is 370. The van der Waals surface area contributed by atoms with E-state index in [9.17, 15) is 4.79 Å². The summed E-state index contributed by atoms with van der Waals surface area (Å²) in [7, 11) is 1.63. The standard InChI is InChI=1S/C15H22O4/c1-12(2)18-10-11-19-15(16)9-6-13-4-7-14(17-3)8-5-13/h4-5,7-8,12H,6,9-11H2,1-3H3. The lowest BCUT2D eigenvalue weighted by atomic mass is 10.1. The SMILES string of the molecule is COc1ccc(CCC(=O)OCCOC(C)C)cc1. The third-order valence-corrected chi connectivity index (χ3v) is 2.57. The maximum atomic E-state index is 11.5. The van der Waals surface area contributed by atoms with E-state index in [1.165, 1.54) is 0 Å². The summed E-state index contributed by atoms with van der Waals surface area (Å²) in [6.45, 7) is 4.67. The Morgan fingerprint density at radius 3 is 2.42 bits per heavy atom. The Hall–Kier alpha value is -1.55. The molecular formula is C15H22O4. The van der Waals surface area contributed by atoms with Gasteiger partial charge in [-0.3, -0.25) is 4.79 Å². The topological polar surface area (TPSA) is 44.8 Å². The van der Waals surface area contributed by atoms with Crippen molar-refractivity contribution < 1.29 is 19.0 Å². The van der Waals surface area contributed by atoms with Crippen molar-refractivity contribution in [1.82, 2.24) is 0 Å². The van der Waals surface area contributed by atoms with E-state index >= 15 is 0 Å². The summed E-state index contributed by atoms with van der Waals surface area (Å²) in [5, 5.41) is 0. The molecule has 19 heavy (non-hydrogen) atoms. The third kappa shape index (κ3) is 6.82. The van der Waals surface area contributed by atoms with Crippen molar-refractivity contribution >= 4 is 5.97 Å². The van der Waals surface area contributed by atoms with Crippen LogP contribution < -0.4 is 4.74 Å².